The van der Waals surface area contributed by atoms with Gasteiger partial charge in [0, 0.05) is 22.5 Å². The Morgan fingerprint density at radius 3 is 2.57 bits per heavy atom. The average molecular weight is 317 g/mol. The predicted molar refractivity (Wildman–Crippen MR) is 77.2 cm³/mol. The molecule has 3 nitrogen and oxygen atoms in total. The third kappa shape index (κ3) is 4.86. The molecule has 0 aliphatic carbocycles. The fraction of sp³-hybridized carbons (Fsp3) is 0.500. The summed E-state index contributed by atoms with van der Waals surface area (Å²) >= 11 is 1.59. The highest BCUT2D eigenvalue weighted by atomic mass is 32.1. The van der Waals surface area contributed by atoms with E-state index >= 15 is 0 Å². The maximum Gasteiger partial charge on any atom is 0.435 e. The molecule has 0 aliphatic rings. The summed E-state index contributed by atoms with van der Waals surface area (Å²) in [6.45, 7) is 6.38. The van der Waals surface area contributed by atoms with Crippen molar-refractivity contribution in [1.29, 1.82) is 0 Å². The van der Waals surface area contributed by atoms with Gasteiger partial charge in [0.05, 0.1) is 6.54 Å². The highest BCUT2D eigenvalue weighted by molar-refractivity contribution is 7.11. The SMILES string of the molecule is CC(C)CNCc1ccc(Cn2ccc(C(F)(F)F)n2)s1. The Morgan fingerprint density at radius 1 is 1.24 bits per heavy atom. The second kappa shape index (κ2) is 6.62. The van der Waals surface area contributed by atoms with Crippen molar-refractivity contribution in [3.05, 3.63) is 39.8 Å². The number of hydrogen-bond acceptors (Lipinski definition) is 3. The molecule has 0 unspecified atom stereocenters. The van der Waals surface area contributed by atoms with E-state index in [-0.39, 0.29) is 0 Å². The molecule has 2 rings (SSSR count). The van der Waals surface area contributed by atoms with Crippen LogP contribution in [0.2, 0.25) is 0 Å². The molecule has 0 spiro atoms. The number of rotatable bonds is 6. The van der Waals surface area contributed by atoms with Crippen molar-refractivity contribution in [3.63, 3.8) is 0 Å². The number of thiophene rings is 1. The molecule has 2 aromatic rings. The number of alkyl halides is 3. The number of halogens is 3. The summed E-state index contributed by atoms with van der Waals surface area (Å²) in [6.07, 6.45) is -3.02. The monoisotopic (exact) mass is 317 g/mol. The Kier molecular flexibility index (Phi) is 5.05. The molecule has 0 atom stereocenters. The topological polar surface area (TPSA) is 29.9 Å². The van der Waals surface area contributed by atoms with Crippen molar-refractivity contribution in [2.75, 3.05) is 6.54 Å². The first kappa shape index (κ1) is 16.0. The molecule has 0 aromatic carbocycles. The molecule has 2 aromatic heterocycles. The first-order chi connectivity index (χ1) is 9.84. The number of aromatic nitrogens is 2. The Balaban J connectivity index is 1.91. The summed E-state index contributed by atoms with van der Waals surface area (Å²) in [4.78, 5) is 2.17. The van der Waals surface area contributed by atoms with Crippen molar-refractivity contribution in [2.45, 2.75) is 33.1 Å². The van der Waals surface area contributed by atoms with E-state index in [9.17, 15) is 13.2 Å². The average Bonchev–Trinajstić information content (AvgIpc) is 2.98. The van der Waals surface area contributed by atoms with Crippen molar-refractivity contribution >= 4 is 11.3 Å². The second-order valence-corrected chi connectivity index (χ2v) is 6.54. The summed E-state index contributed by atoms with van der Waals surface area (Å²) in [5.41, 5.74) is -0.849. The Morgan fingerprint density at radius 2 is 1.95 bits per heavy atom. The fourth-order valence-corrected chi connectivity index (χ4v) is 2.83. The van der Waals surface area contributed by atoms with Gasteiger partial charge in [-0.15, -0.1) is 11.3 Å². The van der Waals surface area contributed by atoms with Crippen LogP contribution in [0, 0.1) is 5.92 Å². The van der Waals surface area contributed by atoms with Gasteiger partial charge >= 0.3 is 6.18 Å². The molecule has 0 saturated heterocycles. The molecule has 0 bridgehead atoms. The maximum absolute atomic E-state index is 12.5. The first-order valence-corrected chi connectivity index (χ1v) is 7.55. The summed E-state index contributed by atoms with van der Waals surface area (Å²) in [6, 6.07) is 4.94. The van der Waals surface area contributed by atoms with E-state index in [0.29, 0.717) is 12.5 Å². The van der Waals surface area contributed by atoms with E-state index in [0.717, 1.165) is 24.0 Å². The number of hydrogen-bond donors (Lipinski definition) is 1. The zero-order valence-electron chi connectivity index (χ0n) is 11.9. The van der Waals surface area contributed by atoms with Crippen molar-refractivity contribution < 1.29 is 13.2 Å². The van der Waals surface area contributed by atoms with E-state index in [1.54, 1.807) is 11.3 Å². The lowest BCUT2D eigenvalue weighted by molar-refractivity contribution is -0.141. The van der Waals surface area contributed by atoms with E-state index in [2.05, 4.69) is 24.3 Å². The van der Waals surface area contributed by atoms with Crippen molar-refractivity contribution in [1.82, 2.24) is 15.1 Å². The van der Waals surface area contributed by atoms with Gasteiger partial charge in [-0.25, -0.2) is 0 Å². The van der Waals surface area contributed by atoms with E-state index in [1.165, 1.54) is 15.8 Å². The van der Waals surface area contributed by atoms with E-state index in [1.807, 2.05) is 12.1 Å². The molecule has 0 aliphatic heterocycles. The largest absolute Gasteiger partial charge is 0.435 e. The Labute approximate surface area is 125 Å². The van der Waals surface area contributed by atoms with Gasteiger partial charge in [-0.1, -0.05) is 13.8 Å². The molecule has 0 fully saturated rings. The van der Waals surface area contributed by atoms with E-state index in [4.69, 9.17) is 0 Å². The molecule has 7 heteroatoms. The quantitative estimate of drug-likeness (QED) is 0.879. The van der Waals surface area contributed by atoms with Crippen LogP contribution in [0.1, 0.15) is 29.3 Å². The summed E-state index contributed by atoms with van der Waals surface area (Å²) < 4.78 is 38.7. The zero-order valence-corrected chi connectivity index (χ0v) is 12.8. The van der Waals surface area contributed by atoms with Crippen molar-refractivity contribution in [2.24, 2.45) is 5.92 Å². The standard InChI is InChI=1S/C14H18F3N3S/c1-10(2)7-18-8-11-3-4-12(21-11)9-20-6-5-13(19-20)14(15,16)17/h3-6,10,18H,7-9H2,1-2H3. The van der Waals surface area contributed by atoms with Gasteiger partial charge in [-0.3, -0.25) is 4.68 Å². The molecule has 1 N–H and O–H groups in total. The lowest BCUT2D eigenvalue weighted by atomic mass is 10.2. The van der Waals surface area contributed by atoms with E-state index < -0.39 is 11.9 Å². The number of nitrogens with one attached hydrogen (secondary N) is 1. The lowest BCUT2D eigenvalue weighted by Crippen LogP contribution is -2.18. The van der Waals surface area contributed by atoms with Crippen molar-refractivity contribution in [3.8, 4) is 0 Å². The van der Waals surface area contributed by atoms with Crippen LogP contribution in [-0.2, 0) is 19.3 Å². The normalized spacial score (nSPS) is 12.3. The van der Waals surface area contributed by atoms with Gasteiger partial charge in [0.25, 0.3) is 0 Å². The minimum atomic E-state index is -4.38. The van der Waals surface area contributed by atoms with Crippen LogP contribution >= 0.6 is 11.3 Å². The van der Waals surface area contributed by atoms with Gasteiger partial charge in [-0.05, 0) is 30.7 Å². The summed E-state index contributed by atoms with van der Waals surface area (Å²) in [5.74, 6) is 0.592. The zero-order chi connectivity index (χ0) is 15.5. The highest BCUT2D eigenvalue weighted by Crippen LogP contribution is 2.27. The fourth-order valence-electron chi connectivity index (χ4n) is 1.85. The Bertz CT molecular complexity index is 572. The highest BCUT2D eigenvalue weighted by Gasteiger charge is 2.33. The third-order valence-corrected chi connectivity index (χ3v) is 3.89. The minimum Gasteiger partial charge on any atom is -0.312 e. The summed E-state index contributed by atoms with van der Waals surface area (Å²) in [5, 5.41) is 6.90. The van der Waals surface area contributed by atoms with Crippen LogP contribution in [0.3, 0.4) is 0 Å². The second-order valence-electron chi connectivity index (χ2n) is 5.29. The minimum absolute atomic E-state index is 0.366. The molecule has 21 heavy (non-hydrogen) atoms. The van der Waals surface area contributed by atoms with Crippen LogP contribution in [0.15, 0.2) is 24.4 Å². The van der Waals surface area contributed by atoms with Crippen LogP contribution in [0.4, 0.5) is 13.2 Å². The molecule has 0 amide bonds. The van der Waals surface area contributed by atoms with Crippen LogP contribution in [0.5, 0.6) is 0 Å². The van der Waals surface area contributed by atoms with Crippen LogP contribution in [0.25, 0.3) is 0 Å². The molecule has 0 saturated carbocycles. The summed E-state index contributed by atoms with van der Waals surface area (Å²) in [7, 11) is 0. The van der Waals surface area contributed by atoms with Gasteiger partial charge in [0.2, 0.25) is 0 Å². The molecular weight excluding hydrogens is 299 g/mol. The third-order valence-electron chi connectivity index (χ3n) is 2.82. The van der Waals surface area contributed by atoms with Gasteiger partial charge in [0.1, 0.15) is 0 Å². The number of nitrogens with zero attached hydrogens (tertiary/aromatic N) is 2. The van der Waals surface area contributed by atoms with Gasteiger partial charge < -0.3 is 5.32 Å². The maximum atomic E-state index is 12.5. The molecular formula is C14H18F3N3S. The molecule has 116 valence electrons. The first-order valence-electron chi connectivity index (χ1n) is 6.73. The Hall–Kier alpha value is -1.34. The van der Waals surface area contributed by atoms with Crippen LogP contribution in [-0.4, -0.2) is 16.3 Å². The predicted octanol–water partition coefficient (Wildman–Crippen LogP) is 3.76. The van der Waals surface area contributed by atoms with Crippen LogP contribution < -0.4 is 5.32 Å². The lowest BCUT2D eigenvalue weighted by Gasteiger charge is -2.05. The molecule has 2 heterocycles. The van der Waals surface area contributed by atoms with Gasteiger partial charge in [-0.2, -0.15) is 18.3 Å². The van der Waals surface area contributed by atoms with Gasteiger partial charge in [0.15, 0.2) is 5.69 Å². The molecule has 0 radical (unpaired) electrons. The smallest absolute Gasteiger partial charge is 0.312 e.